The first-order chi connectivity index (χ1) is 18.8. The van der Waals surface area contributed by atoms with Crippen molar-refractivity contribution < 1.29 is 23.4 Å². The highest BCUT2D eigenvalue weighted by atomic mass is 127. The summed E-state index contributed by atoms with van der Waals surface area (Å²) in [4.78, 5) is 12.9. The molecule has 0 saturated heterocycles. The van der Waals surface area contributed by atoms with Crippen LogP contribution in [0.25, 0.3) is 0 Å². The highest BCUT2D eigenvalue weighted by molar-refractivity contribution is 14.1. The van der Waals surface area contributed by atoms with Crippen molar-refractivity contribution in [2.45, 2.75) is 31.5 Å². The van der Waals surface area contributed by atoms with Gasteiger partial charge in [-0.05, 0) is 94.2 Å². The fraction of sp³-hybridized carbons (Fsp3) is 0.194. The highest BCUT2D eigenvalue weighted by Crippen LogP contribution is 2.21. The Morgan fingerprint density at radius 3 is 2.21 bits per heavy atom. The summed E-state index contributed by atoms with van der Waals surface area (Å²) in [5.41, 5.74) is 2.16. The van der Waals surface area contributed by atoms with Crippen LogP contribution in [0.3, 0.4) is 0 Å². The molecule has 5 nitrogen and oxygen atoms in total. The average Bonchev–Trinajstić information content (AvgIpc) is 2.89. The second-order valence-corrected chi connectivity index (χ2v) is 10.5. The number of hydrogen-bond donors (Lipinski definition) is 3. The molecule has 0 aliphatic carbocycles. The van der Waals surface area contributed by atoms with Gasteiger partial charge >= 0.3 is 0 Å². The third-order valence-electron chi connectivity index (χ3n) is 6.03. The molecule has 1 amide bonds. The van der Waals surface area contributed by atoms with Crippen LogP contribution in [0.2, 0.25) is 0 Å². The number of nitrogens with one attached hydrogen (secondary N) is 2. The Bertz CT molecular complexity index is 1350. The zero-order chi connectivity index (χ0) is 27.6. The lowest BCUT2D eigenvalue weighted by molar-refractivity contribution is -0.122. The normalized spacial score (nSPS) is 12.5. The first kappa shape index (κ1) is 28.7. The van der Waals surface area contributed by atoms with Gasteiger partial charge in [0.1, 0.15) is 23.1 Å². The van der Waals surface area contributed by atoms with E-state index in [0.29, 0.717) is 23.6 Å². The van der Waals surface area contributed by atoms with Crippen molar-refractivity contribution in [3.8, 4) is 11.5 Å². The van der Waals surface area contributed by atoms with Gasteiger partial charge in [-0.1, -0.05) is 42.5 Å². The molecule has 0 spiro atoms. The first-order valence-electron chi connectivity index (χ1n) is 12.5. The number of halogens is 3. The van der Waals surface area contributed by atoms with Crippen LogP contribution in [0.1, 0.15) is 16.7 Å². The Morgan fingerprint density at radius 1 is 0.821 bits per heavy atom. The predicted octanol–water partition coefficient (Wildman–Crippen LogP) is 5.78. The van der Waals surface area contributed by atoms with Crippen molar-refractivity contribution >= 4 is 28.5 Å². The fourth-order valence-corrected chi connectivity index (χ4v) is 4.77. The Hall–Kier alpha value is -3.34. The number of rotatable bonds is 12. The third kappa shape index (κ3) is 9.42. The van der Waals surface area contributed by atoms with Crippen molar-refractivity contribution in [2.24, 2.45) is 0 Å². The molecule has 0 aliphatic heterocycles. The van der Waals surface area contributed by atoms with E-state index in [2.05, 4.69) is 33.2 Å². The number of para-hydroxylation sites is 1. The van der Waals surface area contributed by atoms with Gasteiger partial charge in [0.05, 0.1) is 18.6 Å². The van der Waals surface area contributed by atoms with Crippen molar-refractivity contribution in [3.63, 3.8) is 0 Å². The van der Waals surface area contributed by atoms with Crippen molar-refractivity contribution in [1.29, 1.82) is 0 Å². The number of hydrogen-bond acceptors (Lipinski definition) is 4. The number of aliphatic hydroxyl groups excluding tert-OH is 1. The molecule has 0 fully saturated rings. The van der Waals surface area contributed by atoms with Gasteiger partial charge in [0, 0.05) is 22.7 Å². The van der Waals surface area contributed by atoms with Crippen molar-refractivity contribution in [3.05, 3.63) is 129 Å². The van der Waals surface area contributed by atoms with E-state index in [1.807, 2.05) is 54.6 Å². The number of benzene rings is 4. The first-order valence-corrected chi connectivity index (χ1v) is 13.6. The quantitative estimate of drug-likeness (QED) is 0.172. The maximum absolute atomic E-state index is 13.8. The van der Waals surface area contributed by atoms with Crippen molar-refractivity contribution in [2.75, 3.05) is 6.54 Å². The molecule has 4 rings (SSSR count). The van der Waals surface area contributed by atoms with Crippen LogP contribution in [0, 0.1) is 15.2 Å². The fourth-order valence-electron chi connectivity index (χ4n) is 4.16. The summed E-state index contributed by atoms with van der Waals surface area (Å²) in [6.07, 6.45) is -0.858. The van der Waals surface area contributed by atoms with Gasteiger partial charge in [0.25, 0.3) is 0 Å². The minimum absolute atomic E-state index is 0.0658. The molecule has 39 heavy (non-hydrogen) atoms. The number of aliphatic hydroxyl groups is 1. The molecule has 4 aromatic carbocycles. The molecule has 0 saturated carbocycles. The van der Waals surface area contributed by atoms with Crippen LogP contribution in [-0.4, -0.2) is 29.7 Å². The molecule has 2 atom stereocenters. The second kappa shape index (κ2) is 14.2. The van der Waals surface area contributed by atoms with E-state index >= 15 is 0 Å². The van der Waals surface area contributed by atoms with Gasteiger partial charge in [-0.25, -0.2) is 8.78 Å². The Labute approximate surface area is 240 Å². The van der Waals surface area contributed by atoms with E-state index in [4.69, 9.17) is 4.74 Å². The number of carbonyl (C=O) groups is 1. The van der Waals surface area contributed by atoms with Crippen LogP contribution in [0.15, 0.2) is 97.1 Å². The molecule has 8 heteroatoms. The molecular formula is C31H29F2IN2O3. The lowest BCUT2D eigenvalue weighted by atomic mass is 10.00. The van der Waals surface area contributed by atoms with Crippen LogP contribution in [0.5, 0.6) is 11.5 Å². The van der Waals surface area contributed by atoms with Gasteiger partial charge in [0.2, 0.25) is 5.91 Å². The third-order valence-corrected chi connectivity index (χ3v) is 6.70. The van der Waals surface area contributed by atoms with Gasteiger partial charge in [-0.3, -0.25) is 4.79 Å². The van der Waals surface area contributed by atoms with E-state index in [1.165, 1.54) is 12.1 Å². The maximum atomic E-state index is 13.8. The zero-order valence-corrected chi connectivity index (χ0v) is 23.3. The lowest BCUT2D eigenvalue weighted by Gasteiger charge is -2.25. The molecule has 0 aromatic heterocycles. The minimum Gasteiger partial charge on any atom is -0.457 e. The molecule has 0 unspecified atom stereocenters. The van der Waals surface area contributed by atoms with E-state index in [9.17, 15) is 18.7 Å². The zero-order valence-electron chi connectivity index (χ0n) is 21.1. The largest absolute Gasteiger partial charge is 0.457 e. The van der Waals surface area contributed by atoms with E-state index in [1.54, 1.807) is 24.3 Å². The molecule has 0 aliphatic rings. The molecule has 202 valence electrons. The van der Waals surface area contributed by atoms with Crippen LogP contribution >= 0.6 is 22.6 Å². The van der Waals surface area contributed by atoms with Crippen LogP contribution < -0.4 is 15.4 Å². The Morgan fingerprint density at radius 2 is 1.51 bits per heavy atom. The smallest absolute Gasteiger partial charge is 0.224 e. The predicted molar refractivity (Wildman–Crippen MR) is 156 cm³/mol. The Kier molecular flexibility index (Phi) is 10.4. The summed E-state index contributed by atoms with van der Waals surface area (Å²) in [5, 5.41) is 17.0. The topological polar surface area (TPSA) is 70.6 Å². The highest BCUT2D eigenvalue weighted by Gasteiger charge is 2.22. The van der Waals surface area contributed by atoms with E-state index < -0.39 is 23.8 Å². The summed E-state index contributed by atoms with van der Waals surface area (Å²) in [5.74, 6) is -0.376. The summed E-state index contributed by atoms with van der Waals surface area (Å²) in [7, 11) is 0. The SMILES string of the molecule is O=C(Cc1ccc(Oc2ccccc2)cc1)N[C@@H](Cc1cc(F)cc(F)c1)[C@@H](O)CNCc1cccc(I)c1. The number of amides is 1. The lowest BCUT2D eigenvalue weighted by Crippen LogP contribution is -2.49. The molecular weight excluding hydrogens is 613 g/mol. The van der Waals surface area contributed by atoms with Gasteiger partial charge in [0.15, 0.2) is 0 Å². The summed E-state index contributed by atoms with van der Waals surface area (Å²) in [6, 6.07) is 27.0. The summed E-state index contributed by atoms with van der Waals surface area (Å²) < 4.78 is 34.5. The van der Waals surface area contributed by atoms with E-state index in [-0.39, 0.29) is 25.3 Å². The molecule has 0 bridgehead atoms. The van der Waals surface area contributed by atoms with Gasteiger partial charge < -0.3 is 20.5 Å². The number of ether oxygens (including phenoxy) is 1. The average molecular weight is 642 g/mol. The molecule has 0 heterocycles. The maximum Gasteiger partial charge on any atom is 0.224 e. The van der Waals surface area contributed by atoms with Gasteiger partial charge in [-0.2, -0.15) is 0 Å². The Balaban J connectivity index is 1.38. The minimum atomic E-state index is -0.996. The number of carbonyl (C=O) groups excluding carboxylic acids is 1. The molecule has 0 radical (unpaired) electrons. The summed E-state index contributed by atoms with van der Waals surface area (Å²) in [6.45, 7) is 0.709. The van der Waals surface area contributed by atoms with Crippen molar-refractivity contribution in [1.82, 2.24) is 10.6 Å². The van der Waals surface area contributed by atoms with E-state index in [0.717, 1.165) is 20.8 Å². The molecule has 4 aromatic rings. The summed E-state index contributed by atoms with van der Waals surface area (Å²) >= 11 is 2.23. The van der Waals surface area contributed by atoms with Crippen LogP contribution in [0.4, 0.5) is 8.78 Å². The molecule has 3 N–H and O–H groups in total. The second-order valence-electron chi connectivity index (χ2n) is 9.22. The monoisotopic (exact) mass is 642 g/mol. The van der Waals surface area contributed by atoms with Crippen LogP contribution in [-0.2, 0) is 24.2 Å². The standard InChI is InChI=1S/C31H29F2IN2O3/c32-24-13-23(14-25(33)18-24)16-29(30(37)20-35-19-22-5-4-6-26(34)15-22)36-31(38)17-21-9-11-28(12-10-21)39-27-7-2-1-3-8-27/h1-15,18,29-30,35,37H,16-17,19-20H2,(H,36,38)/t29-,30-/m0/s1. The van der Waals surface area contributed by atoms with Gasteiger partial charge in [-0.15, -0.1) is 0 Å².